The van der Waals surface area contributed by atoms with E-state index in [2.05, 4.69) is 93.7 Å². The average molecular weight is 921 g/mol. The minimum absolute atomic E-state index is 0.0883. The predicted octanol–water partition coefficient (Wildman–Crippen LogP) is 18.6. The molecule has 0 aliphatic carbocycles. The number of carbonyl (C=O) groups is 3. The second kappa shape index (κ2) is 54.5. The van der Waals surface area contributed by atoms with Crippen LogP contribution in [-0.2, 0) is 28.6 Å². The first-order valence-electron chi connectivity index (χ1n) is 27.9. The van der Waals surface area contributed by atoms with Gasteiger partial charge in [-0.15, -0.1) is 0 Å². The molecule has 0 aromatic rings. The minimum atomic E-state index is -0.790. The molecule has 1 unspecified atom stereocenters. The first kappa shape index (κ1) is 62.8. The van der Waals surface area contributed by atoms with Crippen LogP contribution in [0.25, 0.3) is 0 Å². The van der Waals surface area contributed by atoms with E-state index in [0.29, 0.717) is 19.3 Å². The molecule has 0 aromatic heterocycles. The molecule has 380 valence electrons. The maximum absolute atomic E-state index is 12.8. The van der Waals surface area contributed by atoms with Crippen molar-refractivity contribution in [1.82, 2.24) is 0 Å². The highest BCUT2D eigenvalue weighted by atomic mass is 16.6. The van der Waals surface area contributed by atoms with Gasteiger partial charge in [0.15, 0.2) is 6.10 Å². The van der Waals surface area contributed by atoms with E-state index in [4.69, 9.17) is 14.2 Å². The lowest BCUT2D eigenvalue weighted by Crippen LogP contribution is -2.30. The summed E-state index contributed by atoms with van der Waals surface area (Å²) >= 11 is 0. The van der Waals surface area contributed by atoms with Crippen molar-refractivity contribution in [3.63, 3.8) is 0 Å². The smallest absolute Gasteiger partial charge is 0.306 e. The van der Waals surface area contributed by atoms with E-state index in [1.807, 2.05) is 0 Å². The van der Waals surface area contributed by atoms with Crippen LogP contribution in [0.1, 0.15) is 271 Å². The molecule has 0 saturated heterocycles. The van der Waals surface area contributed by atoms with Crippen molar-refractivity contribution in [3.05, 3.63) is 72.9 Å². The summed E-state index contributed by atoms with van der Waals surface area (Å²) in [5, 5.41) is 0. The molecule has 6 nitrogen and oxygen atoms in total. The van der Waals surface area contributed by atoms with Gasteiger partial charge in [-0.2, -0.15) is 0 Å². The van der Waals surface area contributed by atoms with Crippen molar-refractivity contribution in [2.75, 3.05) is 13.2 Å². The molecule has 0 amide bonds. The molecule has 6 heteroatoms. The number of ether oxygens (including phenoxy) is 3. The molecule has 0 N–H and O–H groups in total. The van der Waals surface area contributed by atoms with Crippen LogP contribution in [0.4, 0.5) is 0 Å². The van der Waals surface area contributed by atoms with Gasteiger partial charge < -0.3 is 14.2 Å². The molecule has 0 aromatic carbocycles. The van der Waals surface area contributed by atoms with Gasteiger partial charge in [-0.3, -0.25) is 14.4 Å². The lowest BCUT2D eigenvalue weighted by atomic mass is 10.1. The number of esters is 3. The predicted molar refractivity (Wildman–Crippen MR) is 284 cm³/mol. The molecule has 0 spiro atoms. The maximum atomic E-state index is 12.8. The summed E-state index contributed by atoms with van der Waals surface area (Å²) < 4.78 is 16.8. The van der Waals surface area contributed by atoms with Crippen LogP contribution in [-0.4, -0.2) is 37.2 Å². The zero-order valence-electron chi connectivity index (χ0n) is 43.4. The number of allylic oxidation sites excluding steroid dienone is 12. The molecule has 66 heavy (non-hydrogen) atoms. The fourth-order valence-electron chi connectivity index (χ4n) is 7.72. The molecule has 0 radical (unpaired) electrons. The first-order chi connectivity index (χ1) is 32.5. The van der Waals surface area contributed by atoms with Gasteiger partial charge in [0.25, 0.3) is 0 Å². The number of rotatable bonds is 50. The van der Waals surface area contributed by atoms with E-state index in [1.54, 1.807) is 0 Å². The van der Waals surface area contributed by atoms with Gasteiger partial charge in [0, 0.05) is 19.3 Å². The van der Waals surface area contributed by atoms with E-state index >= 15 is 0 Å². The molecular formula is C60H104O6. The lowest BCUT2D eigenvalue weighted by molar-refractivity contribution is -0.167. The summed E-state index contributed by atoms with van der Waals surface area (Å²) in [6.45, 7) is 6.48. The standard InChI is InChI=1S/C60H104O6/c1-4-7-10-13-16-19-22-25-28-30-32-35-38-41-44-47-50-53-59(62)65-56-57(55-64-58(61)52-49-46-43-40-37-34-27-24-21-18-15-12-9-6-3)66-60(63)54-51-48-45-42-39-36-33-31-29-26-23-20-17-14-11-8-5-2/h9,12,16,18-19,21,25-29,34,57H,4-8,10-11,13-15,17,20,22-24,30-33,35-56H2,1-3H3/b12-9-,19-16-,21-18-,28-25-,29-26-,34-27-. The highest BCUT2D eigenvalue weighted by molar-refractivity contribution is 5.71. The summed E-state index contributed by atoms with van der Waals surface area (Å²) in [5.41, 5.74) is 0. The Kier molecular flexibility index (Phi) is 51.9. The quantitative estimate of drug-likeness (QED) is 0.0262. The van der Waals surface area contributed by atoms with E-state index in [1.165, 1.54) is 128 Å². The van der Waals surface area contributed by atoms with Crippen molar-refractivity contribution in [2.45, 2.75) is 277 Å². The van der Waals surface area contributed by atoms with Crippen LogP contribution >= 0.6 is 0 Å². The van der Waals surface area contributed by atoms with E-state index in [9.17, 15) is 14.4 Å². The summed E-state index contributed by atoms with van der Waals surface area (Å²) in [7, 11) is 0. The Labute approximate surface area is 408 Å². The number of unbranched alkanes of at least 4 members (excludes halogenated alkanes) is 27. The molecule has 0 bridgehead atoms. The fraction of sp³-hybridized carbons (Fsp3) is 0.750. The number of hydrogen-bond donors (Lipinski definition) is 0. The summed E-state index contributed by atoms with van der Waals surface area (Å²) in [5.74, 6) is -0.917. The van der Waals surface area contributed by atoms with Crippen LogP contribution in [0.5, 0.6) is 0 Å². The Balaban J connectivity index is 4.42. The van der Waals surface area contributed by atoms with Gasteiger partial charge in [0.2, 0.25) is 0 Å². The molecule has 0 aliphatic heterocycles. The molecule has 1 atom stereocenters. The topological polar surface area (TPSA) is 78.9 Å². The maximum Gasteiger partial charge on any atom is 0.306 e. The average Bonchev–Trinajstić information content (AvgIpc) is 3.31. The Morgan fingerprint density at radius 3 is 0.970 bits per heavy atom. The Bertz CT molecular complexity index is 1240. The van der Waals surface area contributed by atoms with Crippen LogP contribution in [0, 0.1) is 0 Å². The van der Waals surface area contributed by atoms with Crippen molar-refractivity contribution >= 4 is 17.9 Å². The Morgan fingerprint density at radius 2 is 0.591 bits per heavy atom. The van der Waals surface area contributed by atoms with E-state index in [-0.39, 0.29) is 31.1 Å². The molecule has 0 heterocycles. The Hall–Kier alpha value is -3.15. The highest BCUT2D eigenvalue weighted by Gasteiger charge is 2.19. The number of hydrogen-bond acceptors (Lipinski definition) is 6. The van der Waals surface area contributed by atoms with Crippen molar-refractivity contribution in [2.24, 2.45) is 0 Å². The molecule has 0 fully saturated rings. The SMILES string of the molecule is CC/C=C\C/C=C\C/C=C\CCCCCCC(=O)OCC(COC(=O)CCCCCCCCC/C=C\C/C=C\CCCCC)OC(=O)CCCCCCCCC/C=C\CCCCCCCC. The third-order valence-electron chi connectivity index (χ3n) is 11.9. The second-order valence-electron chi connectivity index (χ2n) is 18.5. The van der Waals surface area contributed by atoms with Gasteiger partial charge in [0.05, 0.1) is 0 Å². The van der Waals surface area contributed by atoms with Gasteiger partial charge in [-0.25, -0.2) is 0 Å². The van der Waals surface area contributed by atoms with Crippen LogP contribution in [0.3, 0.4) is 0 Å². The highest BCUT2D eigenvalue weighted by Crippen LogP contribution is 2.15. The Morgan fingerprint density at radius 1 is 0.318 bits per heavy atom. The van der Waals surface area contributed by atoms with Crippen LogP contribution < -0.4 is 0 Å². The van der Waals surface area contributed by atoms with E-state index < -0.39 is 6.10 Å². The monoisotopic (exact) mass is 921 g/mol. The lowest BCUT2D eigenvalue weighted by Gasteiger charge is -2.18. The molecule has 0 aliphatic rings. The summed E-state index contributed by atoms with van der Waals surface area (Å²) in [6.07, 6.45) is 68.8. The van der Waals surface area contributed by atoms with Crippen LogP contribution in [0.2, 0.25) is 0 Å². The zero-order valence-corrected chi connectivity index (χ0v) is 43.4. The third kappa shape index (κ3) is 51.8. The normalized spacial score (nSPS) is 12.6. The summed E-state index contributed by atoms with van der Waals surface area (Å²) in [6, 6.07) is 0. The number of carbonyl (C=O) groups excluding carboxylic acids is 3. The molecular weight excluding hydrogens is 817 g/mol. The minimum Gasteiger partial charge on any atom is -0.462 e. The van der Waals surface area contributed by atoms with Gasteiger partial charge in [-0.1, -0.05) is 216 Å². The van der Waals surface area contributed by atoms with Crippen LogP contribution in [0.15, 0.2) is 72.9 Å². The second-order valence-corrected chi connectivity index (χ2v) is 18.5. The first-order valence-corrected chi connectivity index (χ1v) is 27.9. The van der Waals surface area contributed by atoms with Gasteiger partial charge in [-0.05, 0) is 109 Å². The van der Waals surface area contributed by atoms with Crippen molar-refractivity contribution in [3.8, 4) is 0 Å². The van der Waals surface area contributed by atoms with E-state index in [0.717, 1.165) is 103 Å². The molecule has 0 rings (SSSR count). The fourth-order valence-corrected chi connectivity index (χ4v) is 7.72. The van der Waals surface area contributed by atoms with Gasteiger partial charge >= 0.3 is 17.9 Å². The van der Waals surface area contributed by atoms with Crippen molar-refractivity contribution < 1.29 is 28.6 Å². The largest absolute Gasteiger partial charge is 0.462 e. The van der Waals surface area contributed by atoms with Gasteiger partial charge in [0.1, 0.15) is 13.2 Å². The molecule has 0 saturated carbocycles. The summed E-state index contributed by atoms with van der Waals surface area (Å²) in [4.78, 5) is 38.1. The van der Waals surface area contributed by atoms with Crippen molar-refractivity contribution in [1.29, 1.82) is 0 Å². The zero-order chi connectivity index (χ0) is 47.9. The third-order valence-corrected chi connectivity index (χ3v) is 11.9.